The Balaban J connectivity index is 2.29. The molecule has 7 heteroatoms. The highest BCUT2D eigenvalue weighted by molar-refractivity contribution is 6.36. The molecule has 1 N–H and O–H groups in total. The molecule has 2 aromatic rings. The largest absolute Gasteiger partial charge is 0.465 e. The lowest BCUT2D eigenvalue weighted by molar-refractivity contribution is 0.0600. The van der Waals surface area contributed by atoms with Gasteiger partial charge in [-0.2, -0.15) is 0 Å². The zero-order valence-electron chi connectivity index (χ0n) is 11.3. The molecule has 0 unspecified atom stereocenters. The molecule has 0 heterocycles. The van der Waals surface area contributed by atoms with Crippen LogP contribution in [0.5, 0.6) is 0 Å². The molecular formula is C15H10Cl3NO3. The van der Waals surface area contributed by atoms with Gasteiger partial charge in [0.15, 0.2) is 0 Å². The fourth-order valence-corrected chi connectivity index (χ4v) is 2.44. The third-order valence-corrected chi connectivity index (χ3v) is 3.53. The zero-order valence-corrected chi connectivity index (χ0v) is 13.6. The molecule has 22 heavy (non-hydrogen) atoms. The molecule has 0 saturated carbocycles. The lowest BCUT2D eigenvalue weighted by Crippen LogP contribution is -2.13. The van der Waals surface area contributed by atoms with Crippen LogP contribution in [0.15, 0.2) is 36.4 Å². The van der Waals surface area contributed by atoms with E-state index >= 15 is 0 Å². The van der Waals surface area contributed by atoms with Crippen LogP contribution in [-0.2, 0) is 4.74 Å². The highest BCUT2D eigenvalue weighted by atomic mass is 35.5. The zero-order chi connectivity index (χ0) is 16.3. The predicted octanol–water partition coefficient (Wildman–Crippen LogP) is 4.69. The summed E-state index contributed by atoms with van der Waals surface area (Å²) in [6, 6.07) is 8.89. The Hall–Kier alpha value is -1.75. The highest BCUT2D eigenvalue weighted by Crippen LogP contribution is 2.25. The van der Waals surface area contributed by atoms with E-state index in [1.54, 1.807) is 0 Å². The maximum Gasteiger partial charge on any atom is 0.337 e. The first-order valence-corrected chi connectivity index (χ1v) is 7.19. The van der Waals surface area contributed by atoms with Gasteiger partial charge in [-0.25, -0.2) is 4.79 Å². The molecule has 0 aliphatic heterocycles. The quantitative estimate of drug-likeness (QED) is 0.810. The van der Waals surface area contributed by atoms with Crippen molar-refractivity contribution in [2.24, 2.45) is 0 Å². The van der Waals surface area contributed by atoms with Crippen LogP contribution >= 0.6 is 34.8 Å². The van der Waals surface area contributed by atoms with Gasteiger partial charge in [-0.15, -0.1) is 0 Å². The number of nitrogens with one attached hydrogen (secondary N) is 1. The maximum atomic E-state index is 12.2. The van der Waals surface area contributed by atoms with Crippen LogP contribution in [0, 0.1) is 0 Å². The standard InChI is InChI=1S/C15H10Cl3NO3/c1-22-15(21)8-2-3-12(18)13(6-8)19-14(20)9-4-10(16)7-11(17)5-9/h2-7H,1H3,(H,19,20). The van der Waals surface area contributed by atoms with Gasteiger partial charge in [-0.3, -0.25) is 4.79 Å². The van der Waals surface area contributed by atoms with Gasteiger partial charge in [0.1, 0.15) is 0 Å². The Kier molecular flexibility index (Phi) is 5.29. The molecule has 0 radical (unpaired) electrons. The van der Waals surface area contributed by atoms with E-state index in [4.69, 9.17) is 34.8 Å². The van der Waals surface area contributed by atoms with Crippen molar-refractivity contribution < 1.29 is 14.3 Å². The van der Waals surface area contributed by atoms with E-state index in [9.17, 15) is 9.59 Å². The monoisotopic (exact) mass is 357 g/mol. The summed E-state index contributed by atoms with van der Waals surface area (Å²) < 4.78 is 4.62. The van der Waals surface area contributed by atoms with Crippen molar-refractivity contribution in [1.29, 1.82) is 0 Å². The van der Waals surface area contributed by atoms with Crippen LogP contribution in [0.2, 0.25) is 15.1 Å². The van der Waals surface area contributed by atoms with Crippen molar-refractivity contribution in [2.45, 2.75) is 0 Å². The normalized spacial score (nSPS) is 10.2. The number of halogens is 3. The van der Waals surface area contributed by atoms with Gasteiger partial charge in [0.25, 0.3) is 5.91 Å². The predicted molar refractivity (Wildman–Crippen MR) is 87.2 cm³/mol. The van der Waals surface area contributed by atoms with Crippen LogP contribution in [0.4, 0.5) is 5.69 Å². The number of esters is 1. The average molecular weight is 359 g/mol. The van der Waals surface area contributed by atoms with Gasteiger partial charge in [0, 0.05) is 15.6 Å². The van der Waals surface area contributed by atoms with Gasteiger partial charge >= 0.3 is 5.97 Å². The Morgan fingerprint density at radius 2 is 1.59 bits per heavy atom. The maximum absolute atomic E-state index is 12.2. The molecule has 0 aliphatic carbocycles. The van der Waals surface area contributed by atoms with Crippen LogP contribution in [-0.4, -0.2) is 19.0 Å². The molecule has 0 aliphatic rings. The Morgan fingerprint density at radius 3 is 2.18 bits per heavy atom. The van der Waals surface area contributed by atoms with E-state index in [2.05, 4.69) is 10.1 Å². The number of ether oxygens (including phenoxy) is 1. The molecular weight excluding hydrogens is 349 g/mol. The summed E-state index contributed by atoms with van der Waals surface area (Å²) in [6.45, 7) is 0. The number of anilines is 1. The molecule has 0 aromatic heterocycles. The van der Waals surface area contributed by atoms with Crippen molar-refractivity contribution in [3.63, 3.8) is 0 Å². The third kappa shape index (κ3) is 3.91. The van der Waals surface area contributed by atoms with Crippen molar-refractivity contribution in [2.75, 3.05) is 12.4 Å². The van der Waals surface area contributed by atoms with Gasteiger partial charge in [-0.05, 0) is 36.4 Å². The van der Waals surface area contributed by atoms with Crippen LogP contribution in [0.25, 0.3) is 0 Å². The van der Waals surface area contributed by atoms with E-state index in [0.717, 1.165) is 0 Å². The molecule has 0 fully saturated rings. The first-order valence-electron chi connectivity index (χ1n) is 6.06. The first-order chi connectivity index (χ1) is 10.4. The number of methoxy groups -OCH3 is 1. The number of amides is 1. The van der Waals surface area contributed by atoms with Crippen LogP contribution < -0.4 is 5.32 Å². The van der Waals surface area contributed by atoms with Crippen LogP contribution in [0.3, 0.4) is 0 Å². The molecule has 0 atom stereocenters. The second kappa shape index (κ2) is 7.01. The Morgan fingerprint density at radius 1 is 0.955 bits per heavy atom. The molecule has 114 valence electrons. The Bertz CT molecular complexity index is 727. The summed E-state index contributed by atoms with van der Waals surface area (Å²) in [7, 11) is 1.27. The topological polar surface area (TPSA) is 55.4 Å². The summed E-state index contributed by atoms with van der Waals surface area (Å²) in [6.07, 6.45) is 0. The number of rotatable bonds is 3. The summed E-state index contributed by atoms with van der Waals surface area (Å²) >= 11 is 17.7. The minimum atomic E-state index is -0.530. The van der Waals surface area contributed by atoms with Gasteiger partial charge in [0.2, 0.25) is 0 Å². The van der Waals surface area contributed by atoms with E-state index in [1.165, 1.54) is 43.5 Å². The van der Waals surface area contributed by atoms with Crippen LogP contribution in [0.1, 0.15) is 20.7 Å². The van der Waals surface area contributed by atoms with E-state index in [1.807, 2.05) is 0 Å². The lowest BCUT2D eigenvalue weighted by Gasteiger charge is -2.09. The molecule has 1 amide bonds. The Labute approximate surface area is 141 Å². The molecule has 2 rings (SSSR count). The van der Waals surface area contributed by atoms with Gasteiger partial charge < -0.3 is 10.1 Å². The molecule has 0 spiro atoms. The number of hydrogen-bond acceptors (Lipinski definition) is 3. The minimum Gasteiger partial charge on any atom is -0.465 e. The summed E-state index contributed by atoms with van der Waals surface area (Å²) in [5.74, 6) is -0.980. The van der Waals surface area contributed by atoms with Gasteiger partial charge in [-0.1, -0.05) is 34.8 Å². The number of carbonyl (C=O) groups is 2. The van der Waals surface area contributed by atoms with Gasteiger partial charge in [0.05, 0.1) is 23.4 Å². The molecule has 2 aromatic carbocycles. The third-order valence-electron chi connectivity index (χ3n) is 2.76. The van der Waals surface area contributed by atoms with E-state index < -0.39 is 11.9 Å². The first kappa shape index (κ1) is 16.6. The minimum absolute atomic E-state index is 0.270. The lowest BCUT2D eigenvalue weighted by atomic mass is 10.1. The number of carbonyl (C=O) groups excluding carboxylic acids is 2. The second-order valence-electron chi connectivity index (χ2n) is 4.30. The second-order valence-corrected chi connectivity index (χ2v) is 5.58. The summed E-state index contributed by atoms with van der Waals surface area (Å²) in [5, 5.41) is 3.57. The smallest absolute Gasteiger partial charge is 0.337 e. The summed E-state index contributed by atoms with van der Waals surface area (Å²) in [5.41, 5.74) is 0.828. The van der Waals surface area contributed by atoms with E-state index in [0.29, 0.717) is 10.0 Å². The average Bonchev–Trinajstić information content (AvgIpc) is 2.47. The highest BCUT2D eigenvalue weighted by Gasteiger charge is 2.13. The SMILES string of the molecule is COC(=O)c1ccc(Cl)c(NC(=O)c2cc(Cl)cc(Cl)c2)c1. The molecule has 4 nitrogen and oxygen atoms in total. The fraction of sp³-hybridized carbons (Fsp3) is 0.0667. The summed E-state index contributed by atoms with van der Waals surface area (Å²) in [4.78, 5) is 23.7. The number of benzene rings is 2. The molecule has 0 bridgehead atoms. The molecule has 0 saturated heterocycles. The van der Waals surface area contributed by atoms with Crippen molar-refractivity contribution in [3.05, 3.63) is 62.6 Å². The van der Waals surface area contributed by atoms with Crippen molar-refractivity contribution in [3.8, 4) is 0 Å². The fourth-order valence-electron chi connectivity index (χ4n) is 1.75. The van der Waals surface area contributed by atoms with Crippen molar-refractivity contribution >= 4 is 52.4 Å². The van der Waals surface area contributed by atoms with E-state index in [-0.39, 0.29) is 21.8 Å². The van der Waals surface area contributed by atoms with Crippen molar-refractivity contribution in [1.82, 2.24) is 0 Å². The number of hydrogen-bond donors (Lipinski definition) is 1.